The topological polar surface area (TPSA) is 19.4 Å². The Labute approximate surface area is 126 Å². The van der Waals surface area contributed by atoms with E-state index in [1.54, 1.807) is 11.3 Å². The third-order valence-corrected chi connectivity index (χ3v) is 4.43. The third-order valence-electron chi connectivity index (χ3n) is 3.16. The van der Waals surface area contributed by atoms with E-state index in [2.05, 4.69) is 48.1 Å². The van der Waals surface area contributed by atoms with Gasteiger partial charge in [-0.25, -0.2) is 4.98 Å². The maximum absolute atomic E-state index is 5.86. The second kappa shape index (κ2) is 8.90. The van der Waals surface area contributed by atoms with E-state index in [4.69, 9.17) is 11.6 Å². The third kappa shape index (κ3) is 5.38. The zero-order valence-corrected chi connectivity index (χ0v) is 14.1. The Hall–Kier alpha value is -0.160. The van der Waals surface area contributed by atoms with Gasteiger partial charge in [-0.15, -0.1) is 22.9 Å². The highest BCUT2D eigenvalue weighted by Crippen LogP contribution is 2.27. The van der Waals surface area contributed by atoms with Gasteiger partial charge in [-0.1, -0.05) is 13.8 Å². The number of halogens is 1. The number of likely N-dealkylation sites (N-methyl/N-ethyl adjacent to an activating group) is 1. The number of hydrogen-bond donors (Lipinski definition) is 0. The Morgan fingerprint density at radius 2 is 2.00 bits per heavy atom. The van der Waals surface area contributed by atoms with Crippen molar-refractivity contribution in [1.82, 2.24) is 14.8 Å². The van der Waals surface area contributed by atoms with Crippen molar-refractivity contribution in [2.24, 2.45) is 0 Å². The van der Waals surface area contributed by atoms with Crippen LogP contribution in [0.1, 0.15) is 43.4 Å². The lowest BCUT2D eigenvalue weighted by molar-refractivity contribution is 0.174. The molecule has 0 aliphatic rings. The molecule has 0 aromatic carbocycles. The molecule has 0 aliphatic heterocycles. The smallest absolute Gasteiger partial charge is 0.110 e. The average molecular weight is 304 g/mol. The zero-order chi connectivity index (χ0) is 14.3. The van der Waals surface area contributed by atoms with Gasteiger partial charge in [0.2, 0.25) is 0 Å². The lowest BCUT2D eigenvalue weighted by Gasteiger charge is -2.30. The van der Waals surface area contributed by atoms with Gasteiger partial charge in [0.25, 0.3) is 0 Å². The van der Waals surface area contributed by atoms with Gasteiger partial charge in [0.1, 0.15) is 5.01 Å². The number of hydrogen-bond acceptors (Lipinski definition) is 4. The minimum Gasteiger partial charge on any atom is -0.308 e. The van der Waals surface area contributed by atoms with Crippen LogP contribution in [0.2, 0.25) is 0 Å². The molecule has 0 aliphatic carbocycles. The summed E-state index contributed by atoms with van der Waals surface area (Å²) in [6.45, 7) is 7.79. The Morgan fingerprint density at radius 3 is 2.47 bits per heavy atom. The molecule has 1 rings (SSSR count). The van der Waals surface area contributed by atoms with Crippen LogP contribution >= 0.6 is 22.9 Å². The molecule has 0 bridgehead atoms. The van der Waals surface area contributed by atoms with Gasteiger partial charge in [-0.05, 0) is 33.5 Å². The molecule has 1 aromatic heterocycles. The van der Waals surface area contributed by atoms with Crippen LogP contribution in [-0.2, 0) is 5.88 Å². The first-order valence-corrected chi connectivity index (χ1v) is 8.42. The van der Waals surface area contributed by atoms with Gasteiger partial charge in [-0.3, -0.25) is 4.90 Å². The van der Waals surface area contributed by atoms with Crippen molar-refractivity contribution in [1.29, 1.82) is 0 Å². The maximum atomic E-state index is 5.86. The highest BCUT2D eigenvalue weighted by Gasteiger charge is 2.21. The first-order chi connectivity index (χ1) is 9.12. The van der Waals surface area contributed by atoms with Gasteiger partial charge < -0.3 is 4.90 Å². The van der Waals surface area contributed by atoms with E-state index in [-0.39, 0.29) is 0 Å². The van der Waals surface area contributed by atoms with E-state index >= 15 is 0 Å². The van der Waals surface area contributed by atoms with Crippen LogP contribution in [0.25, 0.3) is 0 Å². The van der Waals surface area contributed by atoms with Crippen molar-refractivity contribution in [2.75, 3.05) is 33.7 Å². The first kappa shape index (κ1) is 16.9. The van der Waals surface area contributed by atoms with Crippen molar-refractivity contribution < 1.29 is 0 Å². The fraction of sp³-hybridized carbons (Fsp3) is 0.786. The summed E-state index contributed by atoms with van der Waals surface area (Å²) in [6, 6.07) is 0.432. The minimum absolute atomic E-state index is 0.432. The van der Waals surface area contributed by atoms with E-state index in [1.165, 1.54) is 11.4 Å². The Balaban J connectivity index is 2.76. The van der Waals surface area contributed by atoms with E-state index in [1.807, 2.05) is 0 Å². The van der Waals surface area contributed by atoms with Crippen LogP contribution in [0, 0.1) is 0 Å². The van der Waals surface area contributed by atoms with Crippen molar-refractivity contribution in [3.63, 3.8) is 0 Å². The monoisotopic (exact) mass is 303 g/mol. The molecule has 0 radical (unpaired) electrons. The number of thiazole rings is 1. The normalized spacial score (nSPS) is 13.4. The molecule has 1 heterocycles. The molecule has 0 saturated heterocycles. The van der Waals surface area contributed by atoms with Gasteiger partial charge in [0, 0.05) is 18.5 Å². The summed E-state index contributed by atoms with van der Waals surface area (Å²) in [5, 5.41) is 3.30. The maximum Gasteiger partial charge on any atom is 0.110 e. The summed E-state index contributed by atoms with van der Waals surface area (Å²) in [4.78, 5) is 9.45. The lowest BCUT2D eigenvalue weighted by Crippen LogP contribution is -2.35. The largest absolute Gasteiger partial charge is 0.308 e. The van der Waals surface area contributed by atoms with Crippen LogP contribution in [0.15, 0.2) is 5.38 Å². The second-order valence-electron chi connectivity index (χ2n) is 5.07. The SMILES string of the molecule is CCCN(CCN(C)C)C(CC)c1nc(CCl)cs1. The van der Waals surface area contributed by atoms with Gasteiger partial charge in [0.05, 0.1) is 17.6 Å². The summed E-state index contributed by atoms with van der Waals surface area (Å²) >= 11 is 7.60. The highest BCUT2D eigenvalue weighted by atomic mass is 35.5. The number of nitrogens with zero attached hydrogens (tertiary/aromatic N) is 3. The quantitative estimate of drug-likeness (QED) is 0.650. The predicted octanol–water partition coefficient (Wildman–Crippen LogP) is 3.61. The molecule has 1 unspecified atom stereocenters. The molecule has 0 saturated carbocycles. The average Bonchev–Trinajstić information content (AvgIpc) is 2.85. The summed E-state index contributed by atoms with van der Waals surface area (Å²) in [5.41, 5.74) is 1.00. The van der Waals surface area contributed by atoms with Crippen LogP contribution in [-0.4, -0.2) is 48.5 Å². The van der Waals surface area contributed by atoms with E-state index < -0.39 is 0 Å². The van der Waals surface area contributed by atoms with Gasteiger partial charge in [-0.2, -0.15) is 0 Å². The Morgan fingerprint density at radius 1 is 1.26 bits per heavy atom. The second-order valence-corrected chi connectivity index (χ2v) is 6.23. The zero-order valence-electron chi connectivity index (χ0n) is 12.5. The van der Waals surface area contributed by atoms with Crippen LogP contribution in [0.5, 0.6) is 0 Å². The molecule has 19 heavy (non-hydrogen) atoms. The highest BCUT2D eigenvalue weighted by molar-refractivity contribution is 7.09. The Bertz CT molecular complexity index is 354. The molecule has 0 fully saturated rings. The number of alkyl halides is 1. The summed E-state index contributed by atoms with van der Waals surface area (Å²) in [6.07, 6.45) is 2.28. The summed E-state index contributed by atoms with van der Waals surface area (Å²) in [5.74, 6) is 0.512. The molecular formula is C14H26ClN3S. The molecule has 0 N–H and O–H groups in total. The standard InChI is InChI=1S/C14H26ClN3S/c1-5-7-18(9-8-17(3)4)13(6-2)14-16-12(10-15)11-19-14/h11,13H,5-10H2,1-4H3. The van der Waals surface area contributed by atoms with E-state index in [0.717, 1.165) is 31.7 Å². The van der Waals surface area contributed by atoms with Crippen molar-refractivity contribution in [3.05, 3.63) is 16.1 Å². The molecule has 1 aromatic rings. The lowest BCUT2D eigenvalue weighted by atomic mass is 10.2. The predicted molar refractivity (Wildman–Crippen MR) is 85.1 cm³/mol. The minimum atomic E-state index is 0.432. The van der Waals surface area contributed by atoms with Gasteiger partial charge in [0.15, 0.2) is 0 Å². The molecule has 1 atom stereocenters. The first-order valence-electron chi connectivity index (χ1n) is 7.01. The van der Waals surface area contributed by atoms with Crippen molar-refractivity contribution in [3.8, 4) is 0 Å². The Kier molecular flexibility index (Phi) is 7.91. The molecule has 0 spiro atoms. The number of rotatable bonds is 9. The fourth-order valence-corrected chi connectivity index (χ4v) is 3.43. The molecular weight excluding hydrogens is 278 g/mol. The van der Waals surface area contributed by atoms with Crippen molar-refractivity contribution >= 4 is 22.9 Å². The number of aromatic nitrogens is 1. The van der Waals surface area contributed by atoms with E-state index in [9.17, 15) is 0 Å². The molecule has 0 amide bonds. The summed E-state index contributed by atoms with van der Waals surface area (Å²) in [7, 11) is 4.25. The van der Waals surface area contributed by atoms with Gasteiger partial charge >= 0.3 is 0 Å². The van der Waals surface area contributed by atoms with Crippen LogP contribution in [0.3, 0.4) is 0 Å². The molecule has 5 heteroatoms. The fourth-order valence-electron chi connectivity index (χ4n) is 2.17. The van der Waals surface area contributed by atoms with Crippen LogP contribution in [0.4, 0.5) is 0 Å². The van der Waals surface area contributed by atoms with E-state index in [0.29, 0.717) is 11.9 Å². The van der Waals surface area contributed by atoms with Crippen molar-refractivity contribution in [2.45, 2.75) is 38.6 Å². The van der Waals surface area contributed by atoms with Crippen LogP contribution < -0.4 is 0 Å². The molecule has 110 valence electrons. The molecule has 3 nitrogen and oxygen atoms in total. The summed E-state index contributed by atoms with van der Waals surface area (Å²) < 4.78 is 0.